The fourth-order valence-corrected chi connectivity index (χ4v) is 2.90. The third kappa shape index (κ3) is 4.25. The second kappa shape index (κ2) is 7.49. The standard InChI is InChI=1S/C19H18ClFN4/c1-12-9-13(2)18(15(20)10-12)24-17-7-8-22-19(25-17)23-11-14-5-3-4-6-16(14)21/h3-10H,11H2,1-2H3,(H2,22,23,24,25). The molecule has 0 spiro atoms. The molecule has 2 aromatic carbocycles. The Labute approximate surface area is 151 Å². The van der Waals surface area contributed by atoms with Crippen molar-refractivity contribution in [3.63, 3.8) is 0 Å². The fourth-order valence-electron chi connectivity index (χ4n) is 2.53. The Morgan fingerprint density at radius 3 is 2.68 bits per heavy atom. The minimum Gasteiger partial charge on any atom is -0.350 e. The average molecular weight is 357 g/mol. The third-order valence-electron chi connectivity index (χ3n) is 3.74. The number of aromatic nitrogens is 2. The molecular weight excluding hydrogens is 339 g/mol. The molecule has 1 heterocycles. The first-order valence-corrected chi connectivity index (χ1v) is 8.25. The van der Waals surface area contributed by atoms with Crippen LogP contribution in [0.25, 0.3) is 0 Å². The molecule has 3 rings (SSSR count). The maximum absolute atomic E-state index is 13.7. The van der Waals surface area contributed by atoms with Gasteiger partial charge in [-0.15, -0.1) is 0 Å². The number of anilines is 3. The van der Waals surface area contributed by atoms with Gasteiger partial charge < -0.3 is 10.6 Å². The van der Waals surface area contributed by atoms with Crippen LogP contribution in [0.3, 0.4) is 0 Å². The lowest BCUT2D eigenvalue weighted by molar-refractivity contribution is 0.612. The number of hydrogen-bond acceptors (Lipinski definition) is 4. The highest BCUT2D eigenvalue weighted by Crippen LogP contribution is 2.29. The first-order valence-electron chi connectivity index (χ1n) is 7.87. The summed E-state index contributed by atoms with van der Waals surface area (Å²) in [5.74, 6) is 0.764. The smallest absolute Gasteiger partial charge is 0.224 e. The van der Waals surface area contributed by atoms with Gasteiger partial charge in [0, 0.05) is 18.3 Å². The van der Waals surface area contributed by atoms with Crippen LogP contribution in [0.1, 0.15) is 16.7 Å². The molecule has 1 aromatic heterocycles. The molecule has 0 aliphatic heterocycles. The molecule has 3 aromatic rings. The lowest BCUT2D eigenvalue weighted by atomic mass is 10.1. The lowest BCUT2D eigenvalue weighted by Crippen LogP contribution is -2.06. The summed E-state index contributed by atoms with van der Waals surface area (Å²) >= 11 is 6.32. The van der Waals surface area contributed by atoms with Gasteiger partial charge in [0.15, 0.2) is 0 Å². The van der Waals surface area contributed by atoms with E-state index in [4.69, 9.17) is 11.6 Å². The summed E-state index contributed by atoms with van der Waals surface area (Å²) in [7, 11) is 0. The van der Waals surface area contributed by atoms with Crippen LogP contribution >= 0.6 is 11.6 Å². The summed E-state index contributed by atoms with van der Waals surface area (Å²) in [5, 5.41) is 6.89. The van der Waals surface area contributed by atoms with E-state index in [2.05, 4.69) is 20.6 Å². The highest BCUT2D eigenvalue weighted by molar-refractivity contribution is 6.33. The van der Waals surface area contributed by atoms with Crippen LogP contribution in [0.15, 0.2) is 48.7 Å². The van der Waals surface area contributed by atoms with Gasteiger partial charge >= 0.3 is 0 Å². The molecule has 0 aliphatic rings. The summed E-state index contributed by atoms with van der Waals surface area (Å²) in [6.45, 7) is 4.29. The van der Waals surface area contributed by atoms with Crippen molar-refractivity contribution >= 4 is 29.1 Å². The molecule has 0 saturated carbocycles. The Kier molecular flexibility index (Phi) is 5.14. The van der Waals surface area contributed by atoms with Gasteiger partial charge in [0.2, 0.25) is 5.95 Å². The molecule has 0 fully saturated rings. The minimum absolute atomic E-state index is 0.258. The molecule has 0 aliphatic carbocycles. The topological polar surface area (TPSA) is 49.8 Å². The zero-order valence-corrected chi connectivity index (χ0v) is 14.7. The number of nitrogens with zero attached hydrogens (tertiary/aromatic N) is 2. The van der Waals surface area contributed by atoms with E-state index in [0.29, 0.717) is 28.9 Å². The zero-order valence-electron chi connectivity index (χ0n) is 14.0. The highest BCUT2D eigenvalue weighted by Gasteiger charge is 2.08. The summed E-state index contributed by atoms with van der Waals surface area (Å²) < 4.78 is 13.7. The van der Waals surface area contributed by atoms with Gasteiger partial charge in [-0.05, 0) is 43.2 Å². The van der Waals surface area contributed by atoms with Crippen molar-refractivity contribution in [3.05, 3.63) is 76.2 Å². The minimum atomic E-state index is -0.258. The number of halogens is 2. The van der Waals surface area contributed by atoms with E-state index in [0.717, 1.165) is 16.8 Å². The maximum Gasteiger partial charge on any atom is 0.224 e. The fraction of sp³-hybridized carbons (Fsp3) is 0.158. The normalized spacial score (nSPS) is 10.6. The molecule has 0 bridgehead atoms. The van der Waals surface area contributed by atoms with Crippen LogP contribution < -0.4 is 10.6 Å². The molecular formula is C19H18ClFN4. The van der Waals surface area contributed by atoms with Gasteiger partial charge in [0.05, 0.1) is 10.7 Å². The van der Waals surface area contributed by atoms with E-state index in [9.17, 15) is 4.39 Å². The number of rotatable bonds is 5. The molecule has 0 amide bonds. The van der Waals surface area contributed by atoms with Gasteiger partial charge in [-0.3, -0.25) is 0 Å². The Balaban J connectivity index is 1.75. The van der Waals surface area contributed by atoms with Crippen molar-refractivity contribution in [1.82, 2.24) is 9.97 Å². The Bertz CT molecular complexity index is 875. The number of aryl methyl sites for hydroxylation is 2. The molecule has 128 valence electrons. The van der Waals surface area contributed by atoms with E-state index in [-0.39, 0.29) is 5.82 Å². The Hall–Kier alpha value is -2.66. The summed E-state index contributed by atoms with van der Waals surface area (Å²) in [6, 6.07) is 12.3. The number of benzene rings is 2. The molecule has 6 heteroatoms. The van der Waals surface area contributed by atoms with Crippen LogP contribution in [0, 0.1) is 19.7 Å². The largest absolute Gasteiger partial charge is 0.350 e. The predicted octanol–water partition coefficient (Wildman–Crippen LogP) is 5.24. The summed E-state index contributed by atoms with van der Waals surface area (Å²) in [4.78, 5) is 8.57. The van der Waals surface area contributed by atoms with Crippen LogP contribution in [0.5, 0.6) is 0 Å². The van der Waals surface area contributed by atoms with Crippen LogP contribution in [0.2, 0.25) is 5.02 Å². The monoisotopic (exact) mass is 356 g/mol. The SMILES string of the molecule is Cc1cc(C)c(Nc2ccnc(NCc3ccccc3F)n2)c(Cl)c1. The maximum atomic E-state index is 13.7. The van der Waals surface area contributed by atoms with Crippen LogP contribution in [-0.2, 0) is 6.54 Å². The number of nitrogens with one attached hydrogen (secondary N) is 2. The summed E-state index contributed by atoms with van der Waals surface area (Å²) in [6.07, 6.45) is 1.64. The van der Waals surface area contributed by atoms with Crippen molar-refractivity contribution in [2.24, 2.45) is 0 Å². The van der Waals surface area contributed by atoms with Gasteiger partial charge in [0.1, 0.15) is 11.6 Å². The summed E-state index contributed by atoms with van der Waals surface area (Å²) in [5.41, 5.74) is 3.50. The van der Waals surface area contributed by atoms with Gasteiger partial charge in [0.25, 0.3) is 0 Å². The van der Waals surface area contributed by atoms with Gasteiger partial charge in [-0.1, -0.05) is 35.9 Å². The average Bonchev–Trinajstić information content (AvgIpc) is 2.58. The van der Waals surface area contributed by atoms with E-state index in [1.165, 1.54) is 6.07 Å². The number of hydrogen-bond donors (Lipinski definition) is 2. The van der Waals surface area contributed by atoms with Crippen molar-refractivity contribution in [2.75, 3.05) is 10.6 Å². The lowest BCUT2D eigenvalue weighted by Gasteiger charge is -2.13. The highest BCUT2D eigenvalue weighted by atomic mass is 35.5. The first kappa shape index (κ1) is 17.2. The van der Waals surface area contributed by atoms with Crippen LogP contribution in [-0.4, -0.2) is 9.97 Å². The van der Waals surface area contributed by atoms with Crippen LogP contribution in [0.4, 0.5) is 21.8 Å². The second-order valence-corrected chi connectivity index (χ2v) is 6.18. The van der Waals surface area contributed by atoms with E-state index >= 15 is 0 Å². The first-order chi connectivity index (χ1) is 12.0. The zero-order chi connectivity index (χ0) is 17.8. The molecule has 0 saturated heterocycles. The molecule has 0 radical (unpaired) electrons. The van der Waals surface area contributed by atoms with Crippen molar-refractivity contribution in [2.45, 2.75) is 20.4 Å². The Morgan fingerprint density at radius 2 is 1.92 bits per heavy atom. The third-order valence-corrected chi connectivity index (χ3v) is 4.03. The van der Waals surface area contributed by atoms with E-state index in [1.54, 1.807) is 30.5 Å². The Morgan fingerprint density at radius 1 is 1.12 bits per heavy atom. The molecule has 4 nitrogen and oxygen atoms in total. The molecule has 25 heavy (non-hydrogen) atoms. The van der Waals surface area contributed by atoms with Crippen molar-refractivity contribution in [1.29, 1.82) is 0 Å². The van der Waals surface area contributed by atoms with Crippen molar-refractivity contribution in [3.8, 4) is 0 Å². The van der Waals surface area contributed by atoms with E-state index in [1.807, 2.05) is 26.0 Å². The quantitative estimate of drug-likeness (QED) is 0.656. The molecule has 0 unspecified atom stereocenters. The molecule has 2 N–H and O–H groups in total. The molecule has 0 atom stereocenters. The van der Waals surface area contributed by atoms with Crippen molar-refractivity contribution < 1.29 is 4.39 Å². The van der Waals surface area contributed by atoms with Gasteiger partial charge in [-0.25, -0.2) is 9.37 Å². The second-order valence-electron chi connectivity index (χ2n) is 5.77. The predicted molar refractivity (Wildman–Crippen MR) is 100.0 cm³/mol. The van der Waals surface area contributed by atoms with Gasteiger partial charge in [-0.2, -0.15) is 4.98 Å². The van der Waals surface area contributed by atoms with E-state index < -0.39 is 0 Å².